The van der Waals surface area contributed by atoms with Crippen LogP contribution in [-0.4, -0.2) is 63.5 Å². The van der Waals surface area contributed by atoms with Gasteiger partial charge in [0.25, 0.3) is 11.5 Å². The monoisotopic (exact) mass is 382 g/mol. The van der Waals surface area contributed by atoms with E-state index in [1.807, 2.05) is 0 Å². The smallest absolute Gasteiger partial charge is 0.331 e. The number of halogens is 1. The molecule has 1 amide bonds. The molecule has 1 aliphatic heterocycles. The molecule has 1 aromatic heterocycles. The Hall–Kier alpha value is -2.00. The maximum Gasteiger partial charge on any atom is 0.331 e. The summed E-state index contributed by atoms with van der Waals surface area (Å²) in [6, 6.07) is 0.697. The summed E-state index contributed by atoms with van der Waals surface area (Å²) in [5.74, 6) is 0.147. The predicted octanol–water partition coefficient (Wildman–Crippen LogP) is -0.755. The highest BCUT2D eigenvalue weighted by atomic mass is 19.1. The highest BCUT2D eigenvalue weighted by Crippen LogP contribution is 2.36. The summed E-state index contributed by atoms with van der Waals surface area (Å²) in [4.78, 5) is 38.7. The Balaban J connectivity index is 1.69. The van der Waals surface area contributed by atoms with Crippen molar-refractivity contribution >= 4 is 5.91 Å². The van der Waals surface area contributed by atoms with Gasteiger partial charge < -0.3 is 15.3 Å². The maximum absolute atomic E-state index is 12.6. The van der Waals surface area contributed by atoms with E-state index in [1.54, 1.807) is 0 Å². The maximum atomic E-state index is 12.6. The van der Waals surface area contributed by atoms with Crippen molar-refractivity contribution in [2.24, 2.45) is 25.9 Å². The van der Waals surface area contributed by atoms with Crippen molar-refractivity contribution in [2.75, 3.05) is 26.3 Å². The van der Waals surface area contributed by atoms with Gasteiger partial charge in [-0.1, -0.05) is 0 Å². The number of alkyl halides is 1. The Morgan fingerprint density at radius 3 is 2.56 bits per heavy atom. The van der Waals surface area contributed by atoms with E-state index in [2.05, 4.69) is 10.2 Å². The lowest BCUT2D eigenvalue weighted by Crippen LogP contribution is -2.50. The van der Waals surface area contributed by atoms with Gasteiger partial charge >= 0.3 is 5.69 Å². The molecule has 0 spiro atoms. The average molecular weight is 382 g/mol. The lowest BCUT2D eigenvalue weighted by atomic mass is 9.77. The number of rotatable bonds is 5. The fourth-order valence-corrected chi connectivity index (χ4v) is 4.34. The molecule has 27 heavy (non-hydrogen) atoms. The van der Waals surface area contributed by atoms with Gasteiger partial charge in [0.15, 0.2) is 0 Å². The van der Waals surface area contributed by atoms with Crippen LogP contribution in [0.15, 0.2) is 15.7 Å². The standard InChI is InChI=1S/C18H27FN4O4/c1-21-14(8-16(25)22(2)18(21)27)17(26)20-13-6-11-9-23(5-3-4-19)10-12(11)7-15(13)24/h8,11-13,15,24H,3-7,9-10H2,1-2H3,(H,20,26)/t11-,12+,13-,15-/m0/s1. The number of amides is 1. The van der Waals surface area contributed by atoms with Gasteiger partial charge in [0, 0.05) is 39.8 Å². The molecule has 2 heterocycles. The normalized spacial score (nSPS) is 28.1. The number of fused-ring (bicyclic) bond motifs is 1. The second-order valence-electron chi connectivity index (χ2n) is 7.71. The van der Waals surface area contributed by atoms with Crippen LogP contribution in [0.5, 0.6) is 0 Å². The van der Waals surface area contributed by atoms with E-state index in [-0.39, 0.29) is 12.4 Å². The van der Waals surface area contributed by atoms with Gasteiger partial charge in [-0.25, -0.2) is 4.79 Å². The lowest BCUT2D eigenvalue weighted by molar-refractivity contribution is 0.0458. The molecule has 0 unspecified atom stereocenters. The van der Waals surface area contributed by atoms with Gasteiger partial charge in [0.2, 0.25) is 0 Å². The number of carbonyl (C=O) groups is 1. The molecule has 1 aliphatic carbocycles. The quantitative estimate of drug-likeness (QED) is 0.698. The van der Waals surface area contributed by atoms with Gasteiger partial charge in [-0.2, -0.15) is 0 Å². The van der Waals surface area contributed by atoms with Gasteiger partial charge in [-0.05, 0) is 31.1 Å². The summed E-state index contributed by atoms with van der Waals surface area (Å²) in [6.45, 7) is 2.08. The van der Waals surface area contributed by atoms with Crippen molar-refractivity contribution in [3.8, 4) is 0 Å². The van der Waals surface area contributed by atoms with Gasteiger partial charge in [0.1, 0.15) is 5.69 Å². The topological polar surface area (TPSA) is 96.6 Å². The first-order valence-corrected chi connectivity index (χ1v) is 9.36. The van der Waals surface area contributed by atoms with Crippen LogP contribution >= 0.6 is 0 Å². The van der Waals surface area contributed by atoms with E-state index in [1.165, 1.54) is 14.1 Å². The molecule has 0 bridgehead atoms. The third-order valence-corrected chi connectivity index (χ3v) is 5.90. The Morgan fingerprint density at radius 1 is 1.22 bits per heavy atom. The van der Waals surface area contributed by atoms with E-state index < -0.39 is 29.3 Å². The molecular weight excluding hydrogens is 355 g/mol. The molecule has 2 fully saturated rings. The number of likely N-dealkylation sites (tertiary alicyclic amines) is 1. The number of aliphatic hydroxyl groups is 1. The zero-order valence-corrected chi connectivity index (χ0v) is 15.7. The Morgan fingerprint density at radius 2 is 1.89 bits per heavy atom. The molecule has 0 aromatic carbocycles. The molecule has 2 aliphatic rings. The minimum absolute atomic E-state index is 0.0200. The minimum Gasteiger partial charge on any atom is -0.391 e. The van der Waals surface area contributed by atoms with E-state index in [0.29, 0.717) is 37.6 Å². The number of aromatic nitrogens is 2. The van der Waals surface area contributed by atoms with Crippen molar-refractivity contribution in [2.45, 2.75) is 31.4 Å². The summed E-state index contributed by atoms with van der Waals surface area (Å²) in [5, 5.41) is 13.3. The third-order valence-electron chi connectivity index (χ3n) is 5.90. The second kappa shape index (κ2) is 7.93. The van der Waals surface area contributed by atoms with Crippen LogP contribution in [-0.2, 0) is 14.1 Å². The van der Waals surface area contributed by atoms with E-state index in [0.717, 1.165) is 28.3 Å². The minimum atomic E-state index is -0.681. The van der Waals surface area contributed by atoms with Crippen LogP contribution in [0.1, 0.15) is 29.8 Å². The predicted molar refractivity (Wildman–Crippen MR) is 97.4 cm³/mol. The first-order valence-electron chi connectivity index (χ1n) is 9.36. The fraction of sp³-hybridized carbons (Fsp3) is 0.722. The van der Waals surface area contributed by atoms with E-state index >= 15 is 0 Å². The zero-order valence-electron chi connectivity index (χ0n) is 15.7. The zero-order chi connectivity index (χ0) is 19.7. The number of nitrogens with one attached hydrogen (secondary N) is 1. The molecule has 3 rings (SSSR count). The summed E-state index contributed by atoms with van der Waals surface area (Å²) < 4.78 is 14.5. The van der Waals surface area contributed by atoms with E-state index in [4.69, 9.17) is 0 Å². The number of hydrogen-bond donors (Lipinski definition) is 2. The molecule has 1 saturated heterocycles. The molecule has 1 saturated carbocycles. The number of carbonyl (C=O) groups excluding carboxylic acids is 1. The molecular formula is C18H27FN4O4. The van der Waals surface area contributed by atoms with Gasteiger partial charge in [-0.15, -0.1) is 0 Å². The number of aliphatic hydroxyl groups excluding tert-OH is 1. The summed E-state index contributed by atoms with van der Waals surface area (Å²) in [6.07, 6.45) is 1.04. The molecule has 4 atom stereocenters. The molecule has 1 aromatic rings. The second-order valence-corrected chi connectivity index (χ2v) is 7.71. The van der Waals surface area contributed by atoms with Gasteiger partial charge in [0.05, 0.1) is 18.8 Å². The van der Waals surface area contributed by atoms with Crippen LogP contribution in [0.3, 0.4) is 0 Å². The van der Waals surface area contributed by atoms with Crippen molar-refractivity contribution in [1.82, 2.24) is 19.4 Å². The Labute approximate surface area is 156 Å². The fourth-order valence-electron chi connectivity index (χ4n) is 4.34. The van der Waals surface area contributed by atoms with Crippen LogP contribution in [0.4, 0.5) is 4.39 Å². The van der Waals surface area contributed by atoms with Crippen molar-refractivity contribution in [1.29, 1.82) is 0 Å². The summed E-state index contributed by atoms with van der Waals surface area (Å²) >= 11 is 0. The highest BCUT2D eigenvalue weighted by Gasteiger charge is 2.42. The summed E-state index contributed by atoms with van der Waals surface area (Å²) in [5.41, 5.74) is -1.14. The third kappa shape index (κ3) is 3.98. The van der Waals surface area contributed by atoms with Crippen molar-refractivity contribution in [3.05, 3.63) is 32.6 Å². The SMILES string of the molecule is Cn1c(C(=O)N[C@H]2C[C@H]3CN(CCCF)C[C@H]3C[C@@H]2O)cc(=O)n(C)c1=O. The van der Waals surface area contributed by atoms with E-state index in [9.17, 15) is 23.9 Å². The van der Waals surface area contributed by atoms with Crippen molar-refractivity contribution in [3.63, 3.8) is 0 Å². The molecule has 2 N–H and O–H groups in total. The first-order chi connectivity index (χ1) is 12.8. The molecule has 0 radical (unpaired) electrons. The van der Waals surface area contributed by atoms with Crippen LogP contribution in [0, 0.1) is 11.8 Å². The lowest BCUT2D eigenvalue weighted by Gasteiger charge is -2.35. The largest absolute Gasteiger partial charge is 0.391 e. The number of nitrogens with zero attached hydrogens (tertiary/aromatic N) is 3. The van der Waals surface area contributed by atoms with Crippen LogP contribution in [0.2, 0.25) is 0 Å². The highest BCUT2D eigenvalue weighted by molar-refractivity contribution is 5.92. The first kappa shape index (κ1) is 19.8. The van der Waals surface area contributed by atoms with Crippen molar-refractivity contribution < 1.29 is 14.3 Å². The van der Waals surface area contributed by atoms with Gasteiger partial charge in [-0.3, -0.25) is 23.1 Å². The number of hydrogen-bond acceptors (Lipinski definition) is 5. The molecule has 150 valence electrons. The van der Waals surface area contributed by atoms with Crippen LogP contribution < -0.4 is 16.6 Å². The molecule has 9 heteroatoms. The molecule has 8 nitrogen and oxygen atoms in total. The Bertz CT molecular complexity index is 821. The average Bonchev–Trinajstić information content (AvgIpc) is 3.02. The van der Waals surface area contributed by atoms with Crippen LogP contribution in [0.25, 0.3) is 0 Å². The Kier molecular flexibility index (Phi) is 5.81. The summed E-state index contributed by atoms with van der Waals surface area (Å²) in [7, 11) is 2.79.